The second-order valence-corrected chi connectivity index (χ2v) is 6.74. The van der Waals surface area contributed by atoms with Gasteiger partial charge in [-0.2, -0.15) is 0 Å². The van der Waals surface area contributed by atoms with Gasteiger partial charge in [-0.1, -0.05) is 32.4 Å². The second kappa shape index (κ2) is 5.98. The summed E-state index contributed by atoms with van der Waals surface area (Å²) in [5, 5.41) is 5.19. The van der Waals surface area contributed by atoms with Crippen LogP contribution in [0.3, 0.4) is 0 Å². The molecule has 0 saturated carbocycles. The van der Waals surface area contributed by atoms with Crippen LogP contribution in [0.2, 0.25) is 5.02 Å². The predicted octanol–water partition coefficient (Wildman–Crippen LogP) is 4.06. The summed E-state index contributed by atoms with van der Waals surface area (Å²) in [6.45, 7) is 7.24. The first-order chi connectivity index (χ1) is 9.40. The van der Waals surface area contributed by atoms with Crippen LogP contribution in [0.1, 0.15) is 27.2 Å². The average Bonchev–Trinajstić information content (AvgIpc) is 2.40. The predicted molar refractivity (Wildman–Crippen MR) is 87.3 cm³/mol. The Morgan fingerprint density at radius 3 is 2.70 bits per heavy atom. The number of nitrogens with two attached hydrogens (primary N) is 1. The number of halogens is 1. The van der Waals surface area contributed by atoms with Crippen molar-refractivity contribution in [3.63, 3.8) is 0 Å². The maximum atomic E-state index is 6.21. The number of nitrogens with zero attached hydrogens (tertiary/aromatic N) is 1. The first-order valence-corrected chi connectivity index (χ1v) is 7.28. The Morgan fingerprint density at radius 2 is 2.05 bits per heavy atom. The summed E-state index contributed by atoms with van der Waals surface area (Å²) in [5.74, 6) is 0. The zero-order chi connectivity index (χ0) is 14.8. The van der Waals surface area contributed by atoms with Crippen molar-refractivity contribution in [1.82, 2.24) is 4.98 Å². The monoisotopic (exact) mass is 291 g/mol. The maximum absolute atomic E-state index is 6.21. The van der Waals surface area contributed by atoms with Crippen LogP contribution in [0.25, 0.3) is 10.9 Å². The van der Waals surface area contributed by atoms with Gasteiger partial charge < -0.3 is 11.1 Å². The minimum atomic E-state index is 0.224. The molecule has 0 aliphatic heterocycles. The number of rotatable bonds is 4. The third-order valence-electron chi connectivity index (χ3n) is 3.22. The lowest BCUT2D eigenvalue weighted by molar-refractivity contribution is 0.351. The zero-order valence-electron chi connectivity index (χ0n) is 12.3. The molecule has 3 nitrogen and oxygen atoms in total. The van der Waals surface area contributed by atoms with Crippen LogP contribution in [0.15, 0.2) is 30.5 Å². The lowest BCUT2D eigenvalue weighted by Crippen LogP contribution is -2.33. The van der Waals surface area contributed by atoms with Gasteiger partial charge in [0.05, 0.1) is 16.2 Å². The van der Waals surface area contributed by atoms with E-state index in [1.807, 2.05) is 24.3 Å². The molecule has 2 aromatic rings. The van der Waals surface area contributed by atoms with Crippen LogP contribution in [0, 0.1) is 5.41 Å². The lowest BCUT2D eigenvalue weighted by atomic mass is 9.88. The topological polar surface area (TPSA) is 50.9 Å². The molecule has 1 aromatic heterocycles. The molecule has 1 heterocycles. The second-order valence-electron chi connectivity index (χ2n) is 6.34. The molecule has 0 spiro atoms. The number of pyridine rings is 1. The fourth-order valence-electron chi connectivity index (χ4n) is 2.41. The van der Waals surface area contributed by atoms with E-state index in [1.54, 1.807) is 6.20 Å². The van der Waals surface area contributed by atoms with Gasteiger partial charge >= 0.3 is 0 Å². The van der Waals surface area contributed by atoms with Crippen molar-refractivity contribution in [2.24, 2.45) is 11.1 Å². The van der Waals surface area contributed by atoms with E-state index in [0.717, 1.165) is 28.0 Å². The van der Waals surface area contributed by atoms with Crippen molar-refractivity contribution < 1.29 is 0 Å². The van der Waals surface area contributed by atoms with Crippen LogP contribution in [-0.2, 0) is 0 Å². The molecule has 4 heteroatoms. The molecule has 2 rings (SSSR count). The molecule has 1 aromatic carbocycles. The number of nitrogens with one attached hydrogen (secondary N) is 1. The van der Waals surface area contributed by atoms with Gasteiger partial charge in [-0.15, -0.1) is 0 Å². The summed E-state index contributed by atoms with van der Waals surface area (Å²) in [4.78, 5) is 4.44. The highest BCUT2D eigenvalue weighted by Crippen LogP contribution is 2.29. The van der Waals surface area contributed by atoms with E-state index in [9.17, 15) is 0 Å². The summed E-state index contributed by atoms with van der Waals surface area (Å²) in [5.41, 5.74) is 8.01. The molecule has 1 atom stereocenters. The first kappa shape index (κ1) is 15.1. The Balaban J connectivity index is 2.31. The summed E-state index contributed by atoms with van der Waals surface area (Å²) < 4.78 is 0. The highest BCUT2D eigenvalue weighted by atomic mass is 35.5. The van der Waals surface area contributed by atoms with E-state index >= 15 is 0 Å². The van der Waals surface area contributed by atoms with Gasteiger partial charge in [-0.25, -0.2) is 0 Å². The van der Waals surface area contributed by atoms with Gasteiger partial charge in [0.2, 0.25) is 0 Å². The smallest absolute Gasteiger partial charge is 0.0948 e. The van der Waals surface area contributed by atoms with E-state index in [0.29, 0.717) is 6.54 Å². The van der Waals surface area contributed by atoms with Crippen molar-refractivity contribution in [3.8, 4) is 0 Å². The van der Waals surface area contributed by atoms with Crippen molar-refractivity contribution in [3.05, 3.63) is 35.5 Å². The minimum Gasteiger partial charge on any atom is -0.379 e. The third-order valence-corrected chi connectivity index (χ3v) is 3.55. The SMILES string of the molecule is CC(C)(C)CC(CN)Nc1ccc(Cl)c2cccnc12. The van der Waals surface area contributed by atoms with E-state index < -0.39 is 0 Å². The van der Waals surface area contributed by atoms with Gasteiger partial charge in [0.1, 0.15) is 0 Å². The minimum absolute atomic E-state index is 0.224. The first-order valence-electron chi connectivity index (χ1n) is 6.90. The average molecular weight is 292 g/mol. The molecule has 0 aliphatic carbocycles. The standard InChI is InChI=1S/C16H22ClN3/c1-16(2,3)9-11(10-18)20-14-7-6-13(17)12-5-4-8-19-15(12)14/h4-8,11,20H,9-10,18H2,1-3H3. The Morgan fingerprint density at radius 1 is 1.30 bits per heavy atom. The fraction of sp³-hybridized carbons (Fsp3) is 0.438. The Hall–Kier alpha value is -1.32. The number of anilines is 1. The fourth-order valence-corrected chi connectivity index (χ4v) is 2.62. The van der Waals surface area contributed by atoms with Gasteiger partial charge in [0, 0.05) is 24.2 Å². The summed E-state index contributed by atoms with van der Waals surface area (Å²) >= 11 is 6.21. The van der Waals surface area contributed by atoms with Gasteiger partial charge in [0.15, 0.2) is 0 Å². The number of fused-ring (bicyclic) bond motifs is 1. The lowest BCUT2D eigenvalue weighted by Gasteiger charge is -2.27. The van der Waals surface area contributed by atoms with E-state index in [2.05, 4.69) is 31.1 Å². The number of benzene rings is 1. The summed E-state index contributed by atoms with van der Waals surface area (Å²) in [7, 11) is 0. The van der Waals surface area contributed by atoms with Crippen LogP contribution < -0.4 is 11.1 Å². The highest BCUT2D eigenvalue weighted by molar-refractivity contribution is 6.35. The van der Waals surface area contributed by atoms with E-state index in [4.69, 9.17) is 17.3 Å². The largest absolute Gasteiger partial charge is 0.379 e. The molecular formula is C16H22ClN3. The molecule has 3 N–H and O–H groups in total. The summed E-state index contributed by atoms with van der Waals surface area (Å²) in [6.07, 6.45) is 2.78. The molecular weight excluding hydrogens is 270 g/mol. The van der Waals surface area contributed by atoms with Crippen LogP contribution in [0.5, 0.6) is 0 Å². The molecule has 0 aliphatic rings. The van der Waals surface area contributed by atoms with Crippen molar-refractivity contribution in [2.75, 3.05) is 11.9 Å². The van der Waals surface area contributed by atoms with Crippen LogP contribution in [-0.4, -0.2) is 17.6 Å². The molecule has 20 heavy (non-hydrogen) atoms. The van der Waals surface area contributed by atoms with Crippen molar-refractivity contribution in [1.29, 1.82) is 0 Å². The summed E-state index contributed by atoms with van der Waals surface area (Å²) in [6, 6.07) is 7.98. The van der Waals surface area contributed by atoms with Crippen LogP contribution in [0.4, 0.5) is 5.69 Å². The quantitative estimate of drug-likeness (QED) is 0.893. The Kier molecular flexibility index (Phi) is 4.51. The van der Waals surface area contributed by atoms with Gasteiger partial charge in [-0.05, 0) is 36.1 Å². The highest BCUT2D eigenvalue weighted by Gasteiger charge is 2.18. The molecule has 108 valence electrons. The molecule has 1 unspecified atom stereocenters. The molecule has 0 bridgehead atoms. The Labute approximate surface area is 125 Å². The van der Waals surface area contributed by atoms with E-state index in [1.165, 1.54) is 0 Å². The molecule has 0 amide bonds. The number of hydrogen-bond donors (Lipinski definition) is 2. The van der Waals surface area contributed by atoms with Crippen molar-refractivity contribution >= 4 is 28.2 Å². The number of aromatic nitrogens is 1. The third kappa shape index (κ3) is 3.62. The zero-order valence-corrected chi connectivity index (χ0v) is 13.0. The van der Waals surface area contributed by atoms with Crippen LogP contribution >= 0.6 is 11.6 Å². The number of hydrogen-bond acceptors (Lipinski definition) is 3. The molecule has 0 radical (unpaired) electrons. The maximum Gasteiger partial charge on any atom is 0.0948 e. The van der Waals surface area contributed by atoms with Gasteiger partial charge in [-0.3, -0.25) is 4.98 Å². The van der Waals surface area contributed by atoms with Gasteiger partial charge in [0.25, 0.3) is 0 Å². The molecule has 0 fully saturated rings. The Bertz CT molecular complexity index is 590. The molecule has 0 saturated heterocycles. The van der Waals surface area contributed by atoms with Crippen molar-refractivity contribution in [2.45, 2.75) is 33.2 Å². The van der Waals surface area contributed by atoms with E-state index in [-0.39, 0.29) is 11.5 Å². The normalized spacial score (nSPS) is 13.4.